The number of carboxylic acid groups (broad SMARTS) is 1. The van der Waals surface area contributed by atoms with Crippen molar-refractivity contribution in [2.45, 2.75) is 71.3 Å². The Balaban J connectivity index is 1.59. The summed E-state index contributed by atoms with van der Waals surface area (Å²) in [7, 11) is 1.65. The van der Waals surface area contributed by atoms with Gasteiger partial charge in [-0.15, -0.1) is 0 Å². The number of ether oxygens (including phenoxy) is 1. The fourth-order valence-corrected chi connectivity index (χ4v) is 4.93. The zero-order chi connectivity index (χ0) is 25.6. The Bertz CT molecular complexity index is 1030. The highest BCUT2D eigenvalue weighted by Crippen LogP contribution is 2.39. The normalized spacial score (nSPS) is 18.3. The predicted molar refractivity (Wildman–Crippen MR) is 136 cm³/mol. The number of benzene rings is 2. The van der Waals surface area contributed by atoms with Gasteiger partial charge in [-0.25, -0.2) is 9.18 Å². The summed E-state index contributed by atoms with van der Waals surface area (Å²) in [6.45, 7) is 6.56. The molecule has 1 heterocycles. The molecule has 2 aromatic carbocycles. The second-order valence-corrected chi connectivity index (χ2v) is 10.4. The lowest BCUT2D eigenvalue weighted by atomic mass is 9.75. The molecule has 2 unspecified atom stereocenters. The molecule has 0 radical (unpaired) electrons. The Labute approximate surface area is 207 Å². The van der Waals surface area contributed by atoms with Crippen molar-refractivity contribution in [2.24, 2.45) is 5.41 Å². The molecule has 0 aliphatic carbocycles. The Kier molecular flexibility index (Phi) is 8.76. The molecule has 0 aromatic heterocycles. The number of para-hydroxylation sites is 1. The topological polar surface area (TPSA) is 78.9 Å². The van der Waals surface area contributed by atoms with E-state index in [-0.39, 0.29) is 29.0 Å². The van der Waals surface area contributed by atoms with Crippen LogP contribution in [0.15, 0.2) is 42.5 Å². The number of nitrogens with zero attached hydrogens (tertiary/aromatic N) is 1. The van der Waals surface area contributed by atoms with E-state index in [1.54, 1.807) is 19.2 Å². The molecule has 2 amide bonds. The molecular formula is C28H37FN2O4. The van der Waals surface area contributed by atoms with E-state index in [2.05, 4.69) is 5.32 Å². The average Bonchev–Trinajstić information content (AvgIpc) is 2.82. The molecular weight excluding hydrogens is 447 g/mol. The third kappa shape index (κ3) is 6.96. The first-order valence-corrected chi connectivity index (χ1v) is 12.3. The SMILES string of the molecule is COc1ccccc1CCCCC(=O)Nc1cc(C2CCN(C(=O)O)C(C(C)(C)C)C2)ccc1F. The minimum Gasteiger partial charge on any atom is -0.496 e. The fourth-order valence-electron chi connectivity index (χ4n) is 4.93. The number of amides is 2. The van der Waals surface area contributed by atoms with Crippen molar-refractivity contribution in [3.63, 3.8) is 0 Å². The number of carbonyl (C=O) groups is 2. The number of piperidine rings is 1. The smallest absolute Gasteiger partial charge is 0.407 e. The molecule has 6 nitrogen and oxygen atoms in total. The van der Waals surface area contributed by atoms with Crippen LogP contribution in [0.25, 0.3) is 0 Å². The molecule has 1 aliphatic rings. The number of halogens is 1. The molecule has 0 bridgehead atoms. The first-order chi connectivity index (χ1) is 16.6. The summed E-state index contributed by atoms with van der Waals surface area (Å²) in [5.74, 6) is 0.270. The van der Waals surface area contributed by atoms with Gasteiger partial charge in [0.25, 0.3) is 0 Å². The van der Waals surface area contributed by atoms with Gasteiger partial charge in [-0.05, 0) is 72.8 Å². The van der Waals surface area contributed by atoms with Crippen LogP contribution < -0.4 is 10.1 Å². The van der Waals surface area contributed by atoms with Gasteiger partial charge in [0, 0.05) is 19.0 Å². The van der Waals surface area contributed by atoms with E-state index in [4.69, 9.17) is 4.74 Å². The lowest BCUT2D eigenvalue weighted by Gasteiger charge is -2.44. The van der Waals surface area contributed by atoms with Gasteiger partial charge in [-0.2, -0.15) is 0 Å². The molecule has 3 rings (SSSR count). The third-order valence-electron chi connectivity index (χ3n) is 6.88. The molecule has 35 heavy (non-hydrogen) atoms. The van der Waals surface area contributed by atoms with Crippen molar-refractivity contribution in [2.75, 3.05) is 19.0 Å². The molecule has 190 valence electrons. The van der Waals surface area contributed by atoms with Gasteiger partial charge in [0.1, 0.15) is 11.6 Å². The van der Waals surface area contributed by atoms with E-state index < -0.39 is 11.9 Å². The Morgan fingerprint density at radius 3 is 2.60 bits per heavy atom. The van der Waals surface area contributed by atoms with Crippen LogP contribution in [0.5, 0.6) is 5.75 Å². The lowest BCUT2D eigenvalue weighted by Crippen LogP contribution is -2.51. The monoisotopic (exact) mass is 484 g/mol. The maximum absolute atomic E-state index is 14.5. The van der Waals surface area contributed by atoms with Gasteiger partial charge < -0.3 is 20.1 Å². The number of unbranched alkanes of at least 4 members (excludes halogenated alkanes) is 1. The number of hydrogen-bond donors (Lipinski definition) is 2. The second-order valence-electron chi connectivity index (χ2n) is 10.4. The predicted octanol–water partition coefficient (Wildman–Crippen LogP) is 6.46. The lowest BCUT2D eigenvalue weighted by molar-refractivity contribution is -0.116. The van der Waals surface area contributed by atoms with Gasteiger partial charge >= 0.3 is 6.09 Å². The Morgan fingerprint density at radius 1 is 1.17 bits per heavy atom. The van der Waals surface area contributed by atoms with E-state index in [0.717, 1.165) is 29.7 Å². The van der Waals surface area contributed by atoms with Crippen LogP contribution in [0, 0.1) is 11.2 Å². The van der Waals surface area contributed by atoms with E-state index in [0.29, 0.717) is 32.2 Å². The van der Waals surface area contributed by atoms with Crippen molar-refractivity contribution in [1.82, 2.24) is 4.90 Å². The maximum atomic E-state index is 14.5. The van der Waals surface area contributed by atoms with Gasteiger partial charge in [0.05, 0.1) is 12.8 Å². The highest BCUT2D eigenvalue weighted by molar-refractivity contribution is 5.90. The zero-order valence-corrected chi connectivity index (χ0v) is 21.1. The van der Waals surface area contributed by atoms with Crippen molar-refractivity contribution < 1.29 is 23.8 Å². The van der Waals surface area contributed by atoms with Crippen molar-refractivity contribution in [1.29, 1.82) is 0 Å². The number of likely N-dealkylation sites (tertiary alicyclic amines) is 1. The largest absolute Gasteiger partial charge is 0.496 e. The minimum absolute atomic E-state index is 0.104. The fraction of sp³-hybridized carbons (Fsp3) is 0.500. The van der Waals surface area contributed by atoms with E-state index in [1.807, 2.05) is 45.0 Å². The number of rotatable bonds is 8. The summed E-state index contributed by atoms with van der Waals surface area (Å²) in [6, 6.07) is 12.6. The molecule has 2 atom stereocenters. The highest BCUT2D eigenvalue weighted by atomic mass is 19.1. The average molecular weight is 485 g/mol. The van der Waals surface area contributed by atoms with Crippen molar-refractivity contribution in [3.8, 4) is 5.75 Å². The van der Waals surface area contributed by atoms with Crippen LogP contribution in [0.4, 0.5) is 14.9 Å². The maximum Gasteiger partial charge on any atom is 0.407 e. The number of methoxy groups -OCH3 is 1. The molecule has 1 fully saturated rings. The minimum atomic E-state index is -0.902. The van der Waals surface area contributed by atoms with Gasteiger partial charge in [-0.1, -0.05) is 45.0 Å². The van der Waals surface area contributed by atoms with Gasteiger partial charge in [-0.3, -0.25) is 4.79 Å². The number of nitrogens with one attached hydrogen (secondary N) is 1. The zero-order valence-electron chi connectivity index (χ0n) is 21.1. The quantitative estimate of drug-likeness (QED) is 0.422. The molecule has 2 N–H and O–H groups in total. The Morgan fingerprint density at radius 2 is 1.91 bits per heavy atom. The van der Waals surface area contributed by atoms with Crippen LogP contribution >= 0.6 is 0 Å². The summed E-state index contributed by atoms with van der Waals surface area (Å²) in [6.07, 6.45) is 3.06. The number of hydrogen-bond acceptors (Lipinski definition) is 3. The molecule has 0 spiro atoms. The molecule has 0 saturated carbocycles. The van der Waals surface area contributed by atoms with Crippen LogP contribution in [-0.4, -0.2) is 41.7 Å². The van der Waals surface area contributed by atoms with E-state index in [9.17, 15) is 19.1 Å². The Hall–Kier alpha value is -3.09. The molecule has 1 aliphatic heterocycles. The molecule has 2 aromatic rings. The molecule has 1 saturated heterocycles. The second kappa shape index (κ2) is 11.6. The van der Waals surface area contributed by atoms with Crippen molar-refractivity contribution >= 4 is 17.7 Å². The van der Waals surface area contributed by atoms with Crippen molar-refractivity contribution in [3.05, 3.63) is 59.4 Å². The summed E-state index contributed by atoms with van der Waals surface area (Å²) in [5.41, 5.74) is 2.01. The van der Waals surface area contributed by atoms with E-state index in [1.165, 1.54) is 11.0 Å². The molecule has 7 heteroatoms. The standard InChI is InChI=1S/C28H37FN2O4/c1-28(2,3)25-18-21(15-16-31(25)27(33)34)20-13-14-22(29)23(17-20)30-26(32)12-8-6-10-19-9-5-7-11-24(19)35-4/h5,7,9,11,13-14,17,21,25H,6,8,10,12,15-16,18H2,1-4H3,(H,30,32)(H,33,34). The van der Waals surface area contributed by atoms with Crippen LogP contribution in [0.1, 0.15) is 69.9 Å². The van der Waals surface area contributed by atoms with Crippen LogP contribution in [0.3, 0.4) is 0 Å². The first-order valence-electron chi connectivity index (χ1n) is 12.3. The summed E-state index contributed by atoms with van der Waals surface area (Å²) in [4.78, 5) is 25.8. The van der Waals surface area contributed by atoms with Crippen LogP contribution in [0.2, 0.25) is 0 Å². The summed E-state index contributed by atoms with van der Waals surface area (Å²) in [5, 5.41) is 12.3. The van der Waals surface area contributed by atoms with Gasteiger partial charge in [0.2, 0.25) is 5.91 Å². The van der Waals surface area contributed by atoms with Gasteiger partial charge in [0.15, 0.2) is 0 Å². The number of carbonyl (C=O) groups excluding carboxylic acids is 1. The summed E-state index contributed by atoms with van der Waals surface area (Å²) >= 11 is 0. The third-order valence-corrected chi connectivity index (χ3v) is 6.88. The number of aryl methyl sites for hydroxylation is 1. The highest BCUT2D eigenvalue weighted by Gasteiger charge is 2.39. The summed E-state index contributed by atoms with van der Waals surface area (Å²) < 4.78 is 19.9. The van der Waals surface area contributed by atoms with Crippen LogP contribution in [-0.2, 0) is 11.2 Å². The number of anilines is 1. The van der Waals surface area contributed by atoms with E-state index >= 15 is 0 Å². The first kappa shape index (κ1) is 26.5.